The molecule has 1 fully saturated rings. The number of hydrogen-bond donors (Lipinski definition) is 2. The minimum absolute atomic E-state index is 0.144. The molecule has 1 saturated heterocycles. The normalized spacial score (nSPS) is 14.8. The van der Waals surface area contributed by atoms with Gasteiger partial charge in [0.25, 0.3) is 5.91 Å². The van der Waals surface area contributed by atoms with E-state index >= 15 is 0 Å². The average molecular weight is 478 g/mol. The van der Waals surface area contributed by atoms with E-state index in [1.54, 1.807) is 12.1 Å². The van der Waals surface area contributed by atoms with Gasteiger partial charge >= 0.3 is 0 Å². The molecule has 0 spiro atoms. The third kappa shape index (κ3) is 7.23. The van der Waals surface area contributed by atoms with E-state index in [1.807, 2.05) is 37.3 Å². The number of aromatic nitrogens is 2. The molecule has 1 aliphatic heterocycles. The van der Waals surface area contributed by atoms with E-state index in [0.717, 1.165) is 31.6 Å². The number of nitrogens with one attached hydrogen (secondary N) is 2. The minimum atomic E-state index is -0.445. The lowest BCUT2D eigenvalue weighted by molar-refractivity contribution is 0.0939. The van der Waals surface area contributed by atoms with Gasteiger partial charge in [-0.2, -0.15) is 0 Å². The Morgan fingerprint density at radius 2 is 1.83 bits per heavy atom. The number of likely N-dealkylation sites (tertiary alicyclic amines) is 1. The highest BCUT2D eigenvalue weighted by Crippen LogP contribution is 2.23. The average Bonchev–Trinajstić information content (AvgIpc) is 2.89. The summed E-state index contributed by atoms with van der Waals surface area (Å²) in [6.45, 7) is 5.68. The van der Waals surface area contributed by atoms with Gasteiger partial charge in [-0.1, -0.05) is 36.8 Å². The Kier molecular flexibility index (Phi) is 8.62. The van der Waals surface area contributed by atoms with Crippen molar-refractivity contribution in [3.8, 4) is 5.75 Å². The maximum absolute atomic E-state index is 14.5. The van der Waals surface area contributed by atoms with Gasteiger partial charge in [0.1, 0.15) is 0 Å². The van der Waals surface area contributed by atoms with Crippen molar-refractivity contribution in [2.75, 3.05) is 31.6 Å². The number of carbonyl (C=O) groups excluding carboxylic acids is 1. The number of halogens is 1. The number of amides is 1. The van der Waals surface area contributed by atoms with Crippen molar-refractivity contribution in [2.24, 2.45) is 0 Å². The molecular formula is C27H32FN5O2. The summed E-state index contributed by atoms with van der Waals surface area (Å²) >= 11 is 0. The maximum atomic E-state index is 14.5. The second kappa shape index (κ2) is 12.3. The van der Waals surface area contributed by atoms with Crippen LogP contribution < -0.4 is 15.4 Å². The summed E-state index contributed by atoms with van der Waals surface area (Å²) in [6, 6.07) is 14.2. The van der Waals surface area contributed by atoms with Crippen LogP contribution in [0.15, 0.2) is 60.9 Å². The van der Waals surface area contributed by atoms with Crippen LogP contribution in [0.4, 0.5) is 16.0 Å². The third-order valence-electron chi connectivity index (χ3n) is 6.07. The third-order valence-corrected chi connectivity index (χ3v) is 6.07. The van der Waals surface area contributed by atoms with E-state index in [9.17, 15) is 9.18 Å². The van der Waals surface area contributed by atoms with E-state index in [4.69, 9.17) is 4.74 Å². The maximum Gasteiger partial charge on any atom is 0.254 e. The molecule has 1 atom stereocenters. The molecule has 8 heteroatoms. The summed E-state index contributed by atoms with van der Waals surface area (Å²) in [7, 11) is 0. The van der Waals surface area contributed by atoms with Crippen LogP contribution in [-0.4, -0.2) is 47.0 Å². The Balaban J connectivity index is 1.25. The zero-order chi connectivity index (χ0) is 24.5. The van der Waals surface area contributed by atoms with E-state index in [0.29, 0.717) is 17.9 Å². The van der Waals surface area contributed by atoms with Crippen LogP contribution in [0.25, 0.3) is 0 Å². The SMILES string of the molecule is C[C@H](NC(=O)c1cnc(Nc2ccc(OCCCN3CCCCC3)c(F)c2)nc1)c1ccccc1. The second-order valence-corrected chi connectivity index (χ2v) is 8.78. The van der Waals surface area contributed by atoms with Crippen molar-refractivity contribution in [1.82, 2.24) is 20.2 Å². The van der Waals surface area contributed by atoms with Crippen LogP contribution in [-0.2, 0) is 0 Å². The first-order chi connectivity index (χ1) is 17.1. The van der Waals surface area contributed by atoms with Crippen LogP contribution in [0.2, 0.25) is 0 Å². The van der Waals surface area contributed by atoms with Gasteiger partial charge in [0.15, 0.2) is 11.6 Å². The number of benzene rings is 2. The van der Waals surface area contributed by atoms with Crippen LogP contribution in [0, 0.1) is 5.82 Å². The summed E-state index contributed by atoms with van der Waals surface area (Å²) in [5.74, 6) is -0.207. The van der Waals surface area contributed by atoms with Gasteiger partial charge in [-0.05, 0) is 57.0 Å². The zero-order valence-electron chi connectivity index (χ0n) is 20.0. The molecule has 0 radical (unpaired) electrons. The van der Waals surface area contributed by atoms with E-state index in [2.05, 4.69) is 25.5 Å². The van der Waals surface area contributed by atoms with Gasteiger partial charge in [0.2, 0.25) is 5.95 Å². The lowest BCUT2D eigenvalue weighted by atomic mass is 10.1. The van der Waals surface area contributed by atoms with E-state index < -0.39 is 5.82 Å². The molecule has 0 saturated carbocycles. The number of anilines is 2. The molecule has 2 heterocycles. The molecule has 7 nitrogen and oxygen atoms in total. The lowest BCUT2D eigenvalue weighted by Gasteiger charge is -2.26. The number of ether oxygens (including phenoxy) is 1. The topological polar surface area (TPSA) is 79.4 Å². The first kappa shape index (κ1) is 24.6. The Hall–Kier alpha value is -3.52. The molecule has 2 aromatic carbocycles. The standard InChI is InChI=1S/C27H32FN5O2/c1-20(21-9-4-2-5-10-21)31-26(34)22-18-29-27(30-19-22)32-23-11-12-25(24(28)17-23)35-16-8-15-33-13-6-3-7-14-33/h2,4-5,9-12,17-20H,3,6-8,13-16H2,1H3,(H,31,34)(H,29,30,32)/t20-/m0/s1. The monoisotopic (exact) mass is 477 g/mol. The summed E-state index contributed by atoms with van der Waals surface area (Å²) in [4.78, 5) is 23.3. The fourth-order valence-corrected chi connectivity index (χ4v) is 4.09. The largest absolute Gasteiger partial charge is 0.490 e. The van der Waals surface area contributed by atoms with Gasteiger partial charge in [-0.3, -0.25) is 4.79 Å². The molecular weight excluding hydrogens is 445 g/mol. The molecule has 3 aromatic rings. The summed E-state index contributed by atoms with van der Waals surface area (Å²) in [5.41, 5.74) is 1.85. The first-order valence-corrected chi connectivity index (χ1v) is 12.2. The lowest BCUT2D eigenvalue weighted by Crippen LogP contribution is -2.31. The van der Waals surface area contributed by atoms with Crippen LogP contribution in [0.5, 0.6) is 5.75 Å². The minimum Gasteiger partial charge on any atom is -0.490 e. The van der Waals surface area contributed by atoms with Crippen molar-refractivity contribution in [1.29, 1.82) is 0 Å². The van der Waals surface area contributed by atoms with E-state index in [-0.39, 0.29) is 23.6 Å². The predicted molar refractivity (Wildman–Crippen MR) is 134 cm³/mol. The highest BCUT2D eigenvalue weighted by molar-refractivity contribution is 5.93. The smallest absolute Gasteiger partial charge is 0.254 e. The van der Waals surface area contributed by atoms with Gasteiger partial charge in [0.05, 0.1) is 18.2 Å². The van der Waals surface area contributed by atoms with Crippen molar-refractivity contribution < 1.29 is 13.9 Å². The van der Waals surface area contributed by atoms with Crippen LogP contribution in [0.3, 0.4) is 0 Å². The summed E-state index contributed by atoms with van der Waals surface area (Å²) in [6.07, 6.45) is 7.60. The zero-order valence-corrected chi connectivity index (χ0v) is 20.0. The molecule has 184 valence electrons. The molecule has 4 rings (SSSR count). The molecule has 1 amide bonds. The first-order valence-electron chi connectivity index (χ1n) is 12.2. The highest BCUT2D eigenvalue weighted by atomic mass is 19.1. The quantitative estimate of drug-likeness (QED) is 0.395. The molecule has 0 bridgehead atoms. The molecule has 2 N–H and O–H groups in total. The molecule has 1 aromatic heterocycles. The Labute approximate surface area is 205 Å². The summed E-state index contributed by atoms with van der Waals surface area (Å²) < 4.78 is 20.1. The molecule has 35 heavy (non-hydrogen) atoms. The van der Waals surface area contributed by atoms with Crippen LogP contribution >= 0.6 is 0 Å². The Bertz CT molecular complexity index is 1090. The van der Waals surface area contributed by atoms with Gasteiger partial charge in [0, 0.05) is 30.7 Å². The van der Waals surface area contributed by atoms with Crippen molar-refractivity contribution in [3.63, 3.8) is 0 Å². The predicted octanol–water partition coefficient (Wildman–Crippen LogP) is 5.11. The highest BCUT2D eigenvalue weighted by Gasteiger charge is 2.13. The molecule has 0 aliphatic carbocycles. The fraction of sp³-hybridized carbons (Fsp3) is 0.370. The fourth-order valence-electron chi connectivity index (χ4n) is 4.09. The van der Waals surface area contributed by atoms with E-state index in [1.165, 1.54) is 37.7 Å². The Morgan fingerprint density at radius 1 is 1.09 bits per heavy atom. The van der Waals surface area contributed by atoms with Crippen molar-refractivity contribution in [2.45, 2.75) is 38.6 Å². The molecule has 1 aliphatic rings. The number of carbonyl (C=O) groups is 1. The number of hydrogen-bond acceptors (Lipinski definition) is 6. The summed E-state index contributed by atoms with van der Waals surface area (Å²) in [5, 5.41) is 5.89. The van der Waals surface area contributed by atoms with Gasteiger partial charge in [-0.15, -0.1) is 0 Å². The number of rotatable bonds is 10. The molecule has 0 unspecified atom stereocenters. The van der Waals surface area contributed by atoms with Gasteiger partial charge in [-0.25, -0.2) is 14.4 Å². The number of piperidine rings is 1. The van der Waals surface area contributed by atoms with Crippen LogP contribution in [0.1, 0.15) is 54.6 Å². The number of nitrogens with zero attached hydrogens (tertiary/aromatic N) is 3. The van der Waals surface area contributed by atoms with Gasteiger partial charge < -0.3 is 20.3 Å². The van der Waals surface area contributed by atoms with Crippen molar-refractivity contribution in [3.05, 3.63) is 77.9 Å². The van der Waals surface area contributed by atoms with Crippen molar-refractivity contribution >= 4 is 17.5 Å². The Morgan fingerprint density at radius 3 is 2.54 bits per heavy atom. The second-order valence-electron chi connectivity index (χ2n) is 8.78.